The molecule has 0 saturated carbocycles. The summed E-state index contributed by atoms with van der Waals surface area (Å²) in [6, 6.07) is 21.2. The summed E-state index contributed by atoms with van der Waals surface area (Å²) in [5.74, 6) is -0.0939. The number of hydrogen-bond acceptors (Lipinski definition) is 3. The highest BCUT2D eigenvalue weighted by Crippen LogP contribution is 2.37. The molecule has 3 rings (SSSR count). The maximum absolute atomic E-state index is 11.9. The first-order valence-electron chi connectivity index (χ1n) is 9.88. The summed E-state index contributed by atoms with van der Waals surface area (Å²) in [7, 11) is -2.56. The number of rotatable bonds is 5. The van der Waals surface area contributed by atoms with Crippen LogP contribution in [0.1, 0.15) is 46.5 Å². The van der Waals surface area contributed by atoms with Gasteiger partial charge in [-0.05, 0) is 34.7 Å². The largest absolute Gasteiger partial charge is 0.460 e. The van der Waals surface area contributed by atoms with Crippen LogP contribution in [0.3, 0.4) is 0 Å². The second kappa shape index (κ2) is 8.40. The molecular weight excluding hydrogens is 352 g/mol. The number of hydrogen-bond donors (Lipinski definition) is 0. The molecule has 1 saturated heterocycles. The van der Waals surface area contributed by atoms with Crippen LogP contribution in [0.15, 0.2) is 60.7 Å². The van der Waals surface area contributed by atoms with E-state index in [1.807, 2.05) is 12.1 Å². The van der Waals surface area contributed by atoms with Crippen molar-refractivity contribution >= 4 is 24.7 Å². The minimum Gasteiger partial charge on any atom is -0.460 e. The normalized spacial score (nSPS) is 18.6. The van der Waals surface area contributed by atoms with Crippen LogP contribution in [0.5, 0.6) is 0 Å². The van der Waals surface area contributed by atoms with Gasteiger partial charge in [-0.15, -0.1) is 0 Å². The molecule has 1 fully saturated rings. The molecule has 0 amide bonds. The summed E-state index contributed by atoms with van der Waals surface area (Å²) in [6.07, 6.45) is 3.18. The van der Waals surface area contributed by atoms with Gasteiger partial charge >= 0.3 is 5.97 Å². The predicted octanol–water partition coefficient (Wildman–Crippen LogP) is 4.05. The Morgan fingerprint density at radius 2 is 1.52 bits per heavy atom. The average molecular weight is 383 g/mol. The Labute approximate surface area is 163 Å². The van der Waals surface area contributed by atoms with Gasteiger partial charge in [0.15, 0.2) is 0 Å². The molecule has 144 valence electrons. The Morgan fingerprint density at radius 1 is 0.963 bits per heavy atom. The second-order valence-corrected chi connectivity index (χ2v) is 12.6. The number of cyclic esters (lactones) is 1. The van der Waals surface area contributed by atoms with Crippen molar-refractivity contribution in [3.63, 3.8) is 0 Å². The fourth-order valence-corrected chi connectivity index (χ4v) is 8.63. The predicted molar refractivity (Wildman–Crippen MR) is 112 cm³/mol. The molecule has 1 heterocycles. The molecule has 3 nitrogen and oxygen atoms in total. The van der Waals surface area contributed by atoms with Crippen molar-refractivity contribution in [1.29, 1.82) is 0 Å². The Bertz CT molecular complexity index is 698. The average Bonchev–Trinajstić information content (AvgIpc) is 2.87. The van der Waals surface area contributed by atoms with E-state index in [1.165, 1.54) is 10.4 Å². The minimum absolute atomic E-state index is 0.0650. The standard InChI is InChI=1S/C23H30O3Si/c1-23(2,3)27(20-13-6-4-7-14-20,21-15-8-5-9-16-21)25-18-19-12-10-11-17-22(24)26-19/h4-9,13-16,19H,10-12,17-18H2,1-3H3/t19-/m0/s1. The van der Waals surface area contributed by atoms with E-state index < -0.39 is 8.32 Å². The topological polar surface area (TPSA) is 35.5 Å². The third-order valence-electron chi connectivity index (χ3n) is 5.36. The number of benzene rings is 2. The maximum atomic E-state index is 11.9. The van der Waals surface area contributed by atoms with Crippen LogP contribution in [-0.4, -0.2) is 27.0 Å². The lowest BCUT2D eigenvalue weighted by Crippen LogP contribution is -2.67. The first-order chi connectivity index (χ1) is 12.9. The summed E-state index contributed by atoms with van der Waals surface area (Å²) >= 11 is 0. The Kier molecular flexibility index (Phi) is 6.17. The zero-order valence-electron chi connectivity index (χ0n) is 16.6. The van der Waals surface area contributed by atoms with Gasteiger partial charge in [0.05, 0.1) is 6.61 Å². The molecule has 0 N–H and O–H groups in total. The van der Waals surface area contributed by atoms with E-state index in [4.69, 9.17) is 9.16 Å². The molecule has 4 heteroatoms. The van der Waals surface area contributed by atoms with Crippen LogP contribution in [-0.2, 0) is 14.0 Å². The molecule has 0 bridgehead atoms. The number of esters is 1. The molecule has 0 aliphatic carbocycles. The highest BCUT2D eigenvalue weighted by molar-refractivity contribution is 6.99. The van der Waals surface area contributed by atoms with Gasteiger partial charge in [0.25, 0.3) is 8.32 Å². The molecule has 0 radical (unpaired) electrons. The van der Waals surface area contributed by atoms with E-state index in [0.717, 1.165) is 19.3 Å². The Hall–Kier alpha value is -1.91. The molecule has 2 aromatic carbocycles. The van der Waals surface area contributed by atoms with E-state index in [2.05, 4.69) is 69.3 Å². The van der Waals surface area contributed by atoms with Crippen LogP contribution in [0.4, 0.5) is 0 Å². The zero-order chi connectivity index (χ0) is 19.3. The van der Waals surface area contributed by atoms with Crippen LogP contribution < -0.4 is 10.4 Å². The molecule has 0 unspecified atom stereocenters. The van der Waals surface area contributed by atoms with Crippen molar-refractivity contribution in [2.75, 3.05) is 6.61 Å². The van der Waals surface area contributed by atoms with Gasteiger partial charge in [0.1, 0.15) is 6.10 Å². The van der Waals surface area contributed by atoms with Crippen LogP contribution >= 0.6 is 0 Å². The van der Waals surface area contributed by atoms with E-state index in [1.54, 1.807) is 0 Å². The van der Waals surface area contributed by atoms with Crippen molar-refractivity contribution in [2.24, 2.45) is 0 Å². The second-order valence-electron chi connectivity index (χ2n) is 8.33. The highest BCUT2D eigenvalue weighted by Gasteiger charge is 2.50. The lowest BCUT2D eigenvalue weighted by atomic mass is 10.1. The molecule has 0 spiro atoms. The lowest BCUT2D eigenvalue weighted by molar-refractivity contribution is -0.149. The number of carbonyl (C=O) groups is 1. The van der Waals surface area contributed by atoms with Gasteiger partial charge in [-0.3, -0.25) is 4.79 Å². The first kappa shape index (κ1) is 19.8. The van der Waals surface area contributed by atoms with Crippen molar-refractivity contribution in [1.82, 2.24) is 0 Å². The number of ether oxygens (including phenoxy) is 1. The summed E-state index contributed by atoms with van der Waals surface area (Å²) < 4.78 is 12.5. The van der Waals surface area contributed by atoms with Crippen LogP contribution in [0, 0.1) is 0 Å². The Morgan fingerprint density at radius 3 is 2.04 bits per heavy atom. The van der Waals surface area contributed by atoms with Gasteiger partial charge in [0.2, 0.25) is 0 Å². The SMILES string of the molecule is CC(C)(C)[Si](OC[C@@H]1CCCCC(=O)O1)(c1ccccc1)c1ccccc1. The highest BCUT2D eigenvalue weighted by atomic mass is 28.4. The maximum Gasteiger partial charge on any atom is 0.306 e. The van der Waals surface area contributed by atoms with E-state index in [9.17, 15) is 4.79 Å². The Balaban J connectivity index is 2.00. The van der Waals surface area contributed by atoms with Crippen molar-refractivity contribution in [2.45, 2.75) is 57.6 Å². The molecule has 1 aliphatic rings. The van der Waals surface area contributed by atoms with Crippen molar-refractivity contribution < 1.29 is 14.0 Å². The fourth-order valence-electron chi connectivity index (χ4n) is 4.04. The zero-order valence-corrected chi connectivity index (χ0v) is 17.6. The summed E-state index contributed by atoms with van der Waals surface area (Å²) in [5, 5.41) is 2.44. The van der Waals surface area contributed by atoms with Gasteiger partial charge in [-0.2, -0.15) is 0 Å². The molecule has 0 aromatic heterocycles. The summed E-state index contributed by atoms with van der Waals surface area (Å²) in [4.78, 5) is 11.9. The minimum atomic E-state index is -2.56. The van der Waals surface area contributed by atoms with Crippen molar-refractivity contribution in [3.05, 3.63) is 60.7 Å². The quantitative estimate of drug-likeness (QED) is 0.578. The van der Waals surface area contributed by atoms with E-state index >= 15 is 0 Å². The molecule has 2 aromatic rings. The van der Waals surface area contributed by atoms with E-state index in [0.29, 0.717) is 13.0 Å². The van der Waals surface area contributed by atoms with E-state index in [-0.39, 0.29) is 17.1 Å². The third-order valence-corrected chi connectivity index (χ3v) is 10.4. The lowest BCUT2D eigenvalue weighted by Gasteiger charge is -2.43. The third kappa shape index (κ3) is 4.33. The number of carbonyl (C=O) groups excluding carboxylic acids is 1. The smallest absolute Gasteiger partial charge is 0.306 e. The first-order valence-corrected chi connectivity index (χ1v) is 11.8. The molecular formula is C23H30O3Si. The van der Waals surface area contributed by atoms with Gasteiger partial charge in [-0.25, -0.2) is 0 Å². The van der Waals surface area contributed by atoms with Gasteiger partial charge < -0.3 is 9.16 Å². The van der Waals surface area contributed by atoms with Crippen molar-refractivity contribution in [3.8, 4) is 0 Å². The molecule has 1 aliphatic heterocycles. The monoisotopic (exact) mass is 382 g/mol. The van der Waals surface area contributed by atoms with Gasteiger partial charge in [-0.1, -0.05) is 81.4 Å². The molecule has 27 heavy (non-hydrogen) atoms. The molecule has 1 atom stereocenters. The fraction of sp³-hybridized carbons (Fsp3) is 0.435. The van der Waals surface area contributed by atoms with Crippen LogP contribution in [0.2, 0.25) is 5.04 Å². The van der Waals surface area contributed by atoms with Crippen LogP contribution in [0.25, 0.3) is 0 Å². The summed E-state index contributed by atoms with van der Waals surface area (Å²) in [6.45, 7) is 7.24. The summed E-state index contributed by atoms with van der Waals surface area (Å²) in [5.41, 5.74) is 0. The van der Waals surface area contributed by atoms with Gasteiger partial charge in [0, 0.05) is 6.42 Å².